The smallest absolute Gasteiger partial charge is 0.222 e. The molecular formula is C17H16ClN3O. The maximum absolute atomic E-state index is 11.9. The van der Waals surface area contributed by atoms with Gasteiger partial charge in [-0.1, -0.05) is 17.7 Å². The van der Waals surface area contributed by atoms with E-state index in [2.05, 4.69) is 10.3 Å². The van der Waals surface area contributed by atoms with Crippen LogP contribution >= 0.6 is 11.6 Å². The van der Waals surface area contributed by atoms with E-state index in [1.165, 1.54) is 0 Å². The van der Waals surface area contributed by atoms with Crippen LogP contribution in [0.15, 0.2) is 55.0 Å². The molecular weight excluding hydrogens is 298 g/mol. The van der Waals surface area contributed by atoms with E-state index in [1.54, 1.807) is 12.4 Å². The highest BCUT2D eigenvalue weighted by molar-refractivity contribution is 6.35. The number of amides is 1. The summed E-state index contributed by atoms with van der Waals surface area (Å²) < 4.78 is 2.05. The zero-order valence-corrected chi connectivity index (χ0v) is 12.8. The van der Waals surface area contributed by atoms with Crippen LogP contribution in [-0.4, -0.2) is 15.5 Å². The van der Waals surface area contributed by atoms with Crippen LogP contribution in [-0.2, 0) is 17.9 Å². The molecule has 4 nitrogen and oxygen atoms in total. The zero-order valence-electron chi connectivity index (χ0n) is 12.0. The molecule has 2 heterocycles. The number of aryl methyl sites for hydroxylation is 1. The van der Waals surface area contributed by atoms with Crippen LogP contribution in [0.1, 0.15) is 12.0 Å². The molecule has 0 aliphatic rings. The molecule has 0 saturated carbocycles. The van der Waals surface area contributed by atoms with Crippen LogP contribution in [0.25, 0.3) is 10.9 Å². The average Bonchev–Trinajstić information content (AvgIpc) is 2.96. The Labute approximate surface area is 133 Å². The zero-order chi connectivity index (χ0) is 15.4. The summed E-state index contributed by atoms with van der Waals surface area (Å²) in [5.74, 6) is 0.0284. The number of carbonyl (C=O) groups excluding carboxylic acids is 1. The quantitative estimate of drug-likeness (QED) is 0.785. The third kappa shape index (κ3) is 3.28. The topological polar surface area (TPSA) is 46.9 Å². The standard InChI is InChI=1S/C17H16ClN3O/c18-15-2-1-3-16-14(15)6-10-21(16)11-7-17(22)20-12-13-4-8-19-9-5-13/h1-6,8-10H,7,11-12H2,(H,20,22). The lowest BCUT2D eigenvalue weighted by Gasteiger charge is -2.07. The van der Waals surface area contributed by atoms with Gasteiger partial charge in [-0.15, -0.1) is 0 Å². The van der Waals surface area contributed by atoms with Crippen molar-refractivity contribution < 1.29 is 4.79 Å². The highest BCUT2D eigenvalue weighted by atomic mass is 35.5. The van der Waals surface area contributed by atoms with Crippen molar-refractivity contribution in [3.05, 3.63) is 65.6 Å². The molecule has 0 saturated heterocycles. The summed E-state index contributed by atoms with van der Waals surface area (Å²) in [6.45, 7) is 1.16. The van der Waals surface area contributed by atoms with Crippen LogP contribution < -0.4 is 5.32 Å². The van der Waals surface area contributed by atoms with Gasteiger partial charge >= 0.3 is 0 Å². The summed E-state index contributed by atoms with van der Waals surface area (Å²) in [6.07, 6.45) is 5.84. The molecule has 3 rings (SSSR count). The fourth-order valence-electron chi connectivity index (χ4n) is 2.39. The van der Waals surface area contributed by atoms with Crippen LogP contribution in [0.5, 0.6) is 0 Å². The number of nitrogens with one attached hydrogen (secondary N) is 1. The molecule has 5 heteroatoms. The monoisotopic (exact) mass is 313 g/mol. The number of halogens is 1. The molecule has 0 atom stereocenters. The van der Waals surface area contributed by atoms with Gasteiger partial charge in [0, 0.05) is 54.0 Å². The van der Waals surface area contributed by atoms with Gasteiger partial charge in [0.05, 0.1) is 0 Å². The number of aromatic nitrogens is 2. The van der Waals surface area contributed by atoms with Crippen molar-refractivity contribution in [3.63, 3.8) is 0 Å². The van der Waals surface area contributed by atoms with Gasteiger partial charge in [-0.3, -0.25) is 9.78 Å². The minimum atomic E-state index is 0.0284. The van der Waals surface area contributed by atoms with Gasteiger partial charge < -0.3 is 9.88 Å². The second-order valence-electron chi connectivity index (χ2n) is 5.06. The normalized spacial score (nSPS) is 10.8. The van der Waals surface area contributed by atoms with E-state index in [4.69, 9.17) is 11.6 Å². The Morgan fingerprint density at radius 1 is 1.18 bits per heavy atom. The first kappa shape index (κ1) is 14.6. The largest absolute Gasteiger partial charge is 0.352 e. The molecule has 1 amide bonds. The summed E-state index contributed by atoms with van der Waals surface area (Å²) in [5, 5.41) is 4.66. The number of carbonyl (C=O) groups is 1. The number of pyridine rings is 1. The van der Waals surface area contributed by atoms with Crippen molar-refractivity contribution in [3.8, 4) is 0 Å². The SMILES string of the molecule is O=C(CCn1ccc2c(Cl)cccc21)NCc1ccncc1. The third-order valence-corrected chi connectivity index (χ3v) is 3.91. The molecule has 1 N–H and O–H groups in total. The number of hydrogen-bond acceptors (Lipinski definition) is 2. The van der Waals surface area contributed by atoms with E-state index in [0.717, 1.165) is 21.5 Å². The second kappa shape index (κ2) is 6.62. The Kier molecular flexibility index (Phi) is 4.39. The van der Waals surface area contributed by atoms with Gasteiger partial charge in [-0.05, 0) is 35.9 Å². The first-order chi connectivity index (χ1) is 10.7. The molecule has 0 radical (unpaired) electrons. The van der Waals surface area contributed by atoms with E-state index in [0.29, 0.717) is 19.5 Å². The minimum Gasteiger partial charge on any atom is -0.352 e. The van der Waals surface area contributed by atoms with Gasteiger partial charge in [0.25, 0.3) is 0 Å². The van der Waals surface area contributed by atoms with E-state index in [9.17, 15) is 4.79 Å². The lowest BCUT2D eigenvalue weighted by molar-refractivity contribution is -0.121. The summed E-state index contributed by atoms with van der Waals surface area (Å²) in [5.41, 5.74) is 2.09. The Balaban J connectivity index is 1.57. The number of rotatable bonds is 5. The van der Waals surface area contributed by atoms with Crippen LogP contribution in [0.2, 0.25) is 5.02 Å². The fourth-order valence-corrected chi connectivity index (χ4v) is 2.63. The molecule has 0 spiro atoms. The number of nitrogens with zero attached hydrogens (tertiary/aromatic N) is 2. The number of benzene rings is 1. The van der Waals surface area contributed by atoms with Gasteiger partial charge in [0.2, 0.25) is 5.91 Å². The van der Waals surface area contributed by atoms with E-state index < -0.39 is 0 Å². The molecule has 0 fully saturated rings. The predicted octanol–water partition coefficient (Wildman–Crippen LogP) is 3.40. The molecule has 1 aromatic carbocycles. The van der Waals surface area contributed by atoms with Crippen LogP contribution in [0.4, 0.5) is 0 Å². The summed E-state index contributed by atoms with van der Waals surface area (Å²) in [6, 6.07) is 11.6. The molecule has 22 heavy (non-hydrogen) atoms. The number of fused-ring (bicyclic) bond motifs is 1. The van der Waals surface area contributed by atoms with Crippen molar-refractivity contribution in [2.24, 2.45) is 0 Å². The first-order valence-electron chi connectivity index (χ1n) is 7.13. The van der Waals surface area contributed by atoms with E-state index in [-0.39, 0.29) is 5.91 Å². The van der Waals surface area contributed by atoms with Gasteiger partial charge in [0.15, 0.2) is 0 Å². The highest BCUT2D eigenvalue weighted by Gasteiger charge is 2.06. The first-order valence-corrected chi connectivity index (χ1v) is 7.51. The van der Waals surface area contributed by atoms with Gasteiger partial charge in [-0.25, -0.2) is 0 Å². The number of hydrogen-bond donors (Lipinski definition) is 1. The highest BCUT2D eigenvalue weighted by Crippen LogP contribution is 2.24. The Morgan fingerprint density at radius 2 is 2.00 bits per heavy atom. The molecule has 0 bridgehead atoms. The molecule has 112 valence electrons. The molecule has 3 aromatic rings. The summed E-state index contributed by atoms with van der Waals surface area (Å²) in [7, 11) is 0. The Hall–Kier alpha value is -2.33. The second-order valence-corrected chi connectivity index (χ2v) is 5.47. The van der Waals surface area contributed by atoms with E-state index >= 15 is 0 Å². The Bertz CT molecular complexity index is 783. The average molecular weight is 314 g/mol. The Morgan fingerprint density at radius 3 is 2.82 bits per heavy atom. The van der Waals surface area contributed by atoms with Crippen molar-refractivity contribution in [1.82, 2.24) is 14.9 Å². The third-order valence-electron chi connectivity index (χ3n) is 3.58. The van der Waals surface area contributed by atoms with E-state index in [1.807, 2.05) is 47.2 Å². The fraction of sp³-hybridized carbons (Fsp3) is 0.176. The maximum Gasteiger partial charge on any atom is 0.222 e. The minimum absolute atomic E-state index is 0.0284. The lowest BCUT2D eigenvalue weighted by atomic mass is 10.2. The van der Waals surface area contributed by atoms with Gasteiger partial charge in [0.1, 0.15) is 0 Å². The molecule has 2 aromatic heterocycles. The van der Waals surface area contributed by atoms with Crippen LogP contribution in [0.3, 0.4) is 0 Å². The maximum atomic E-state index is 11.9. The molecule has 0 unspecified atom stereocenters. The summed E-state index contributed by atoms with van der Waals surface area (Å²) >= 11 is 6.15. The van der Waals surface area contributed by atoms with Crippen molar-refractivity contribution >= 4 is 28.4 Å². The van der Waals surface area contributed by atoms with Crippen molar-refractivity contribution in [1.29, 1.82) is 0 Å². The van der Waals surface area contributed by atoms with Crippen molar-refractivity contribution in [2.45, 2.75) is 19.5 Å². The van der Waals surface area contributed by atoms with Crippen LogP contribution in [0, 0.1) is 0 Å². The molecule has 0 aliphatic heterocycles. The van der Waals surface area contributed by atoms with Gasteiger partial charge in [-0.2, -0.15) is 0 Å². The molecule has 0 aliphatic carbocycles. The lowest BCUT2D eigenvalue weighted by Crippen LogP contribution is -2.23. The summed E-state index contributed by atoms with van der Waals surface area (Å²) in [4.78, 5) is 15.9. The predicted molar refractivity (Wildman–Crippen MR) is 87.6 cm³/mol. The van der Waals surface area contributed by atoms with Crippen molar-refractivity contribution in [2.75, 3.05) is 0 Å².